The third kappa shape index (κ3) is 3.07. The molecule has 1 aliphatic heterocycles. The van der Waals surface area contributed by atoms with E-state index in [9.17, 15) is 5.11 Å². The Morgan fingerprint density at radius 2 is 2.28 bits per heavy atom. The zero-order valence-corrected chi connectivity index (χ0v) is 11.5. The maximum absolute atomic E-state index is 10.3. The molecular formula is C13H20ClNO3. The largest absolute Gasteiger partial charge is 0.497 e. The fraction of sp³-hybridized carbons (Fsp3) is 0.538. The van der Waals surface area contributed by atoms with Crippen molar-refractivity contribution >= 4 is 12.4 Å². The Balaban J connectivity index is 0.00000162. The lowest BCUT2D eigenvalue weighted by Crippen LogP contribution is -2.42. The second kappa shape index (κ2) is 6.83. The summed E-state index contributed by atoms with van der Waals surface area (Å²) in [6.45, 7) is 3.48. The standard InChI is InChI=1S/C13H19NO3.ClH/c1-3-6-14-11-8-17-12-5-4-9(16-2)7-10(12)13(11)15;/h4-5,7,11,13-15H,3,6,8H2,1-2H3;1H. The highest BCUT2D eigenvalue weighted by Gasteiger charge is 2.29. The number of rotatable bonds is 4. The maximum atomic E-state index is 10.3. The number of aliphatic hydroxyl groups excluding tert-OH is 1. The number of nitrogens with one attached hydrogen (secondary N) is 1. The van der Waals surface area contributed by atoms with E-state index in [1.54, 1.807) is 7.11 Å². The monoisotopic (exact) mass is 273 g/mol. The van der Waals surface area contributed by atoms with Gasteiger partial charge in [-0.1, -0.05) is 6.92 Å². The molecule has 1 aromatic rings. The Bertz CT molecular complexity index is 386. The number of halogens is 1. The molecule has 1 heterocycles. The third-order valence-corrected chi connectivity index (χ3v) is 2.99. The van der Waals surface area contributed by atoms with Crippen molar-refractivity contribution < 1.29 is 14.6 Å². The van der Waals surface area contributed by atoms with Crippen LogP contribution in [-0.4, -0.2) is 31.4 Å². The topological polar surface area (TPSA) is 50.7 Å². The molecule has 0 bridgehead atoms. The molecule has 0 spiro atoms. The van der Waals surface area contributed by atoms with E-state index >= 15 is 0 Å². The zero-order valence-electron chi connectivity index (χ0n) is 10.7. The summed E-state index contributed by atoms with van der Waals surface area (Å²) in [5, 5.41) is 13.6. The Kier molecular flexibility index (Phi) is 5.72. The highest BCUT2D eigenvalue weighted by Crippen LogP contribution is 2.34. The van der Waals surface area contributed by atoms with E-state index in [4.69, 9.17) is 9.47 Å². The van der Waals surface area contributed by atoms with E-state index in [-0.39, 0.29) is 18.4 Å². The van der Waals surface area contributed by atoms with Crippen molar-refractivity contribution in [1.29, 1.82) is 0 Å². The van der Waals surface area contributed by atoms with Crippen molar-refractivity contribution in [2.45, 2.75) is 25.5 Å². The molecule has 0 aliphatic carbocycles. The fourth-order valence-electron chi connectivity index (χ4n) is 2.00. The average molecular weight is 274 g/mol. The zero-order chi connectivity index (χ0) is 12.3. The first-order valence-corrected chi connectivity index (χ1v) is 5.98. The van der Waals surface area contributed by atoms with Crippen LogP contribution in [-0.2, 0) is 0 Å². The molecule has 5 heteroatoms. The van der Waals surface area contributed by atoms with Crippen LogP contribution in [0, 0.1) is 0 Å². The molecule has 1 aliphatic rings. The Labute approximate surface area is 114 Å². The summed E-state index contributed by atoms with van der Waals surface area (Å²) in [7, 11) is 1.62. The van der Waals surface area contributed by atoms with Crippen LogP contribution < -0.4 is 14.8 Å². The van der Waals surface area contributed by atoms with Crippen LogP contribution in [0.3, 0.4) is 0 Å². The van der Waals surface area contributed by atoms with E-state index < -0.39 is 6.10 Å². The Morgan fingerprint density at radius 3 is 2.94 bits per heavy atom. The number of ether oxygens (including phenoxy) is 2. The minimum Gasteiger partial charge on any atom is -0.497 e. The smallest absolute Gasteiger partial charge is 0.125 e. The van der Waals surface area contributed by atoms with Gasteiger partial charge in [-0.05, 0) is 31.2 Å². The molecule has 2 N–H and O–H groups in total. The molecule has 0 fully saturated rings. The van der Waals surface area contributed by atoms with Gasteiger partial charge >= 0.3 is 0 Å². The van der Waals surface area contributed by atoms with Gasteiger partial charge in [-0.25, -0.2) is 0 Å². The second-order valence-corrected chi connectivity index (χ2v) is 4.22. The Hall–Kier alpha value is -0.970. The molecule has 18 heavy (non-hydrogen) atoms. The van der Waals surface area contributed by atoms with Crippen LogP contribution in [0.1, 0.15) is 25.0 Å². The minimum absolute atomic E-state index is 0. The van der Waals surface area contributed by atoms with Gasteiger partial charge in [0.15, 0.2) is 0 Å². The summed E-state index contributed by atoms with van der Waals surface area (Å²) < 4.78 is 10.8. The molecule has 2 atom stereocenters. The number of methoxy groups -OCH3 is 1. The molecular weight excluding hydrogens is 254 g/mol. The Morgan fingerprint density at radius 1 is 1.50 bits per heavy atom. The number of aliphatic hydroxyl groups is 1. The van der Waals surface area contributed by atoms with Crippen molar-refractivity contribution in [3.8, 4) is 11.5 Å². The van der Waals surface area contributed by atoms with Crippen LogP contribution >= 0.6 is 12.4 Å². The SMILES string of the molecule is CCCNC1COc2ccc(OC)cc2C1O.Cl. The third-order valence-electron chi connectivity index (χ3n) is 2.99. The van der Waals surface area contributed by atoms with Crippen LogP contribution in [0.5, 0.6) is 11.5 Å². The van der Waals surface area contributed by atoms with Gasteiger partial charge in [0.25, 0.3) is 0 Å². The summed E-state index contributed by atoms with van der Waals surface area (Å²) in [6.07, 6.45) is 0.495. The van der Waals surface area contributed by atoms with Crippen LogP contribution in [0.2, 0.25) is 0 Å². The van der Waals surface area contributed by atoms with Gasteiger partial charge in [0.1, 0.15) is 24.2 Å². The maximum Gasteiger partial charge on any atom is 0.125 e. The first-order chi connectivity index (χ1) is 8.26. The van der Waals surface area contributed by atoms with Gasteiger partial charge in [-0.2, -0.15) is 0 Å². The molecule has 102 valence electrons. The van der Waals surface area contributed by atoms with Crippen LogP contribution in [0.25, 0.3) is 0 Å². The number of hydrogen-bond acceptors (Lipinski definition) is 4. The van der Waals surface area contributed by atoms with Crippen molar-refractivity contribution in [2.75, 3.05) is 20.3 Å². The molecule has 2 rings (SSSR count). The molecule has 2 unspecified atom stereocenters. The van der Waals surface area contributed by atoms with Crippen molar-refractivity contribution in [1.82, 2.24) is 5.32 Å². The van der Waals surface area contributed by atoms with Crippen molar-refractivity contribution in [3.05, 3.63) is 23.8 Å². The average Bonchev–Trinajstić information content (AvgIpc) is 2.38. The van der Waals surface area contributed by atoms with Crippen molar-refractivity contribution in [2.24, 2.45) is 0 Å². The summed E-state index contributed by atoms with van der Waals surface area (Å²) >= 11 is 0. The van der Waals surface area contributed by atoms with Gasteiger partial charge in [0, 0.05) is 5.56 Å². The lowest BCUT2D eigenvalue weighted by Gasteiger charge is -2.31. The van der Waals surface area contributed by atoms with Gasteiger partial charge < -0.3 is 19.9 Å². The highest BCUT2D eigenvalue weighted by molar-refractivity contribution is 5.85. The molecule has 0 radical (unpaired) electrons. The summed E-state index contributed by atoms with van der Waals surface area (Å²) in [6, 6.07) is 5.47. The quantitative estimate of drug-likeness (QED) is 0.880. The van der Waals surface area contributed by atoms with Crippen LogP contribution in [0.4, 0.5) is 0 Å². The van der Waals surface area contributed by atoms with Gasteiger partial charge in [-0.15, -0.1) is 12.4 Å². The molecule has 1 aromatic carbocycles. The first-order valence-electron chi connectivity index (χ1n) is 5.98. The fourth-order valence-corrected chi connectivity index (χ4v) is 2.00. The van der Waals surface area contributed by atoms with E-state index in [0.29, 0.717) is 6.61 Å². The van der Waals surface area contributed by atoms with Gasteiger partial charge in [-0.3, -0.25) is 0 Å². The molecule has 0 saturated heterocycles. The van der Waals surface area contributed by atoms with Crippen molar-refractivity contribution in [3.63, 3.8) is 0 Å². The summed E-state index contributed by atoms with van der Waals surface area (Å²) in [4.78, 5) is 0. The van der Waals surface area contributed by atoms with Gasteiger partial charge in [0.05, 0.1) is 13.2 Å². The van der Waals surface area contributed by atoms with E-state index in [2.05, 4.69) is 12.2 Å². The summed E-state index contributed by atoms with van der Waals surface area (Å²) in [5.41, 5.74) is 0.796. The lowest BCUT2D eigenvalue weighted by atomic mass is 9.99. The van der Waals surface area contributed by atoms with E-state index in [1.807, 2.05) is 18.2 Å². The normalized spacial score (nSPS) is 21.5. The molecule has 4 nitrogen and oxygen atoms in total. The predicted molar refractivity (Wildman–Crippen MR) is 72.8 cm³/mol. The molecule has 0 amide bonds. The van der Waals surface area contributed by atoms with Crippen LogP contribution in [0.15, 0.2) is 18.2 Å². The van der Waals surface area contributed by atoms with Gasteiger partial charge in [0.2, 0.25) is 0 Å². The molecule has 0 saturated carbocycles. The minimum atomic E-state index is -0.541. The van der Waals surface area contributed by atoms with E-state index in [1.165, 1.54) is 0 Å². The predicted octanol–water partition coefficient (Wildman–Crippen LogP) is 1.91. The summed E-state index contributed by atoms with van der Waals surface area (Å²) in [5.74, 6) is 1.48. The number of benzene rings is 1. The first kappa shape index (κ1) is 15.1. The number of fused-ring (bicyclic) bond motifs is 1. The van der Waals surface area contributed by atoms with E-state index in [0.717, 1.165) is 30.0 Å². The number of hydrogen-bond donors (Lipinski definition) is 2. The highest BCUT2D eigenvalue weighted by atomic mass is 35.5. The lowest BCUT2D eigenvalue weighted by molar-refractivity contribution is 0.0735. The molecule has 0 aromatic heterocycles. The second-order valence-electron chi connectivity index (χ2n) is 4.22.